The molecule has 0 saturated carbocycles. The number of aromatic nitrogens is 1. The van der Waals surface area contributed by atoms with Crippen LogP contribution in [0.4, 0.5) is 17.1 Å². The minimum absolute atomic E-state index is 1.07. The van der Waals surface area contributed by atoms with E-state index in [1.54, 1.807) is 0 Å². The zero-order valence-electron chi connectivity index (χ0n) is 36.3. The number of nitrogens with zero attached hydrogens (tertiary/aromatic N) is 2. The first-order valence-electron chi connectivity index (χ1n) is 22.7. The van der Waals surface area contributed by atoms with Crippen LogP contribution in [0.15, 0.2) is 267 Å². The normalized spacial score (nSPS) is 11.3. The van der Waals surface area contributed by atoms with Crippen LogP contribution >= 0.6 is 0 Å². The van der Waals surface area contributed by atoms with Crippen molar-refractivity contribution in [2.45, 2.75) is 0 Å². The Morgan fingerprint density at radius 3 is 1.47 bits per heavy atom. The molecule has 0 aliphatic carbocycles. The summed E-state index contributed by atoms with van der Waals surface area (Å²) >= 11 is 0. The minimum atomic E-state index is 1.07. The van der Waals surface area contributed by atoms with Gasteiger partial charge in [-0.05, 0) is 122 Å². The highest BCUT2D eigenvalue weighted by Gasteiger charge is 2.22. The molecule has 0 aliphatic heterocycles. The summed E-state index contributed by atoms with van der Waals surface area (Å²) < 4.78 is 2.40. The fourth-order valence-electron chi connectivity index (χ4n) is 9.89. The second-order valence-electron chi connectivity index (χ2n) is 16.9. The largest absolute Gasteiger partial charge is 0.310 e. The summed E-state index contributed by atoms with van der Waals surface area (Å²) in [5.41, 5.74) is 18.5. The molecule has 12 aromatic rings. The lowest BCUT2D eigenvalue weighted by molar-refractivity contribution is 1.18. The molecule has 310 valence electrons. The topological polar surface area (TPSA) is 8.17 Å². The van der Waals surface area contributed by atoms with Gasteiger partial charge in [0, 0.05) is 33.4 Å². The number of hydrogen-bond donors (Lipinski definition) is 0. The molecule has 0 amide bonds. The average molecular weight is 841 g/mol. The first kappa shape index (κ1) is 38.9. The van der Waals surface area contributed by atoms with Gasteiger partial charge < -0.3 is 9.47 Å². The minimum Gasteiger partial charge on any atom is -0.310 e. The lowest BCUT2D eigenvalue weighted by Gasteiger charge is -2.29. The smallest absolute Gasteiger partial charge is 0.0547 e. The zero-order chi connectivity index (χ0) is 43.8. The summed E-state index contributed by atoms with van der Waals surface area (Å²) in [5.74, 6) is 0. The molecule has 1 heterocycles. The van der Waals surface area contributed by atoms with Crippen LogP contribution in [0.3, 0.4) is 0 Å². The summed E-state index contributed by atoms with van der Waals surface area (Å²) in [6.45, 7) is 0. The second-order valence-corrected chi connectivity index (χ2v) is 16.9. The van der Waals surface area contributed by atoms with Gasteiger partial charge in [0.15, 0.2) is 0 Å². The molecule has 0 N–H and O–H groups in total. The number of hydrogen-bond acceptors (Lipinski definition) is 1. The number of para-hydroxylation sites is 3. The highest BCUT2D eigenvalue weighted by Crippen LogP contribution is 2.46. The SMILES string of the molecule is c1ccc(-c2ccccc2-c2ccccc2-c2ccccc2N(c2cccc(-c3ccc4ccccc4c3)c2)c2cccc(-c3ccc4c5ccccc5n(-c5ccccc5)c4c3)c2)cc1. The Hall–Kier alpha value is -8.72. The maximum Gasteiger partial charge on any atom is 0.0547 e. The van der Waals surface area contributed by atoms with Gasteiger partial charge in [0.25, 0.3) is 0 Å². The van der Waals surface area contributed by atoms with E-state index in [0.29, 0.717) is 0 Å². The number of anilines is 3. The molecule has 2 heteroatoms. The van der Waals surface area contributed by atoms with Crippen LogP contribution in [-0.4, -0.2) is 4.57 Å². The van der Waals surface area contributed by atoms with Crippen LogP contribution in [0.5, 0.6) is 0 Å². The first-order valence-corrected chi connectivity index (χ1v) is 22.7. The molecule has 12 rings (SSSR count). The molecule has 0 unspecified atom stereocenters. The van der Waals surface area contributed by atoms with Crippen LogP contribution in [-0.2, 0) is 0 Å². The first-order chi connectivity index (χ1) is 32.7. The van der Waals surface area contributed by atoms with E-state index in [9.17, 15) is 0 Å². The van der Waals surface area contributed by atoms with E-state index in [0.717, 1.165) is 45.0 Å². The van der Waals surface area contributed by atoms with Crippen LogP contribution < -0.4 is 4.90 Å². The molecule has 0 spiro atoms. The van der Waals surface area contributed by atoms with Gasteiger partial charge in [-0.15, -0.1) is 0 Å². The van der Waals surface area contributed by atoms with Crippen molar-refractivity contribution in [2.75, 3.05) is 4.90 Å². The Labute approximate surface area is 385 Å². The third-order valence-corrected chi connectivity index (χ3v) is 13.0. The molecule has 66 heavy (non-hydrogen) atoms. The van der Waals surface area contributed by atoms with E-state index in [1.165, 1.54) is 66.0 Å². The van der Waals surface area contributed by atoms with Crippen molar-refractivity contribution in [3.05, 3.63) is 267 Å². The molecule has 0 bridgehead atoms. The molecular weight excluding hydrogens is 797 g/mol. The summed E-state index contributed by atoms with van der Waals surface area (Å²) in [4.78, 5) is 2.45. The molecule has 1 aromatic heterocycles. The number of rotatable bonds is 9. The molecule has 0 atom stereocenters. The third kappa shape index (κ3) is 7.02. The maximum atomic E-state index is 2.45. The van der Waals surface area contributed by atoms with E-state index in [2.05, 4.69) is 276 Å². The number of benzene rings is 11. The van der Waals surface area contributed by atoms with E-state index >= 15 is 0 Å². The predicted molar refractivity (Wildman–Crippen MR) is 280 cm³/mol. The molecule has 11 aromatic carbocycles. The van der Waals surface area contributed by atoms with Gasteiger partial charge >= 0.3 is 0 Å². The van der Waals surface area contributed by atoms with Gasteiger partial charge in [-0.3, -0.25) is 0 Å². The Morgan fingerprint density at radius 1 is 0.258 bits per heavy atom. The highest BCUT2D eigenvalue weighted by molar-refractivity contribution is 6.10. The van der Waals surface area contributed by atoms with Crippen LogP contribution in [0, 0.1) is 0 Å². The standard InChI is InChI=1S/C64H44N2/c1-3-20-46(21-4-1)55-29-9-10-30-56(55)57-31-11-12-32-58(57)59-33-13-15-35-62(59)65(53-27-17-23-48(42-53)50-38-37-45-19-7-8-22-47(45)41-50)54-28-18-24-49(43-54)51-39-40-61-60-34-14-16-36-63(60)66(64(61)44-51)52-25-5-2-6-26-52/h1-44H. The molecule has 0 radical (unpaired) electrons. The van der Waals surface area contributed by atoms with Gasteiger partial charge in [0.05, 0.1) is 16.7 Å². The van der Waals surface area contributed by atoms with Crippen molar-refractivity contribution in [1.82, 2.24) is 4.57 Å². The molecule has 2 nitrogen and oxygen atoms in total. The van der Waals surface area contributed by atoms with Gasteiger partial charge in [-0.25, -0.2) is 0 Å². The second kappa shape index (κ2) is 16.8. The number of fused-ring (bicyclic) bond motifs is 4. The average Bonchev–Trinajstić information content (AvgIpc) is 3.73. The van der Waals surface area contributed by atoms with Crippen LogP contribution in [0.1, 0.15) is 0 Å². The third-order valence-electron chi connectivity index (χ3n) is 13.0. The Bertz CT molecular complexity index is 3710. The van der Waals surface area contributed by atoms with Gasteiger partial charge in [-0.2, -0.15) is 0 Å². The zero-order valence-corrected chi connectivity index (χ0v) is 36.3. The Morgan fingerprint density at radius 2 is 0.742 bits per heavy atom. The van der Waals surface area contributed by atoms with E-state index in [1.807, 2.05) is 0 Å². The van der Waals surface area contributed by atoms with Crippen molar-refractivity contribution < 1.29 is 0 Å². The summed E-state index contributed by atoms with van der Waals surface area (Å²) in [6.07, 6.45) is 0. The quantitative estimate of drug-likeness (QED) is 0.141. The lowest BCUT2D eigenvalue weighted by Crippen LogP contribution is -2.11. The highest BCUT2D eigenvalue weighted by atomic mass is 15.1. The molecule has 0 fully saturated rings. The fourth-order valence-corrected chi connectivity index (χ4v) is 9.89. The molecular formula is C64H44N2. The summed E-state index contributed by atoms with van der Waals surface area (Å²) in [6, 6.07) is 97.0. The van der Waals surface area contributed by atoms with Crippen molar-refractivity contribution in [3.8, 4) is 61.3 Å². The summed E-state index contributed by atoms with van der Waals surface area (Å²) in [5, 5.41) is 4.95. The van der Waals surface area contributed by atoms with Crippen LogP contribution in [0.2, 0.25) is 0 Å². The molecule has 0 saturated heterocycles. The monoisotopic (exact) mass is 840 g/mol. The van der Waals surface area contributed by atoms with Crippen molar-refractivity contribution in [1.29, 1.82) is 0 Å². The predicted octanol–water partition coefficient (Wildman–Crippen LogP) is 17.7. The van der Waals surface area contributed by atoms with Gasteiger partial charge in [0.1, 0.15) is 0 Å². The van der Waals surface area contributed by atoms with Crippen LogP contribution in [0.25, 0.3) is 93.9 Å². The molecule has 0 aliphatic rings. The van der Waals surface area contributed by atoms with Crippen molar-refractivity contribution in [2.24, 2.45) is 0 Å². The van der Waals surface area contributed by atoms with Gasteiger partial charge in [-0.1, -0.05) is 206 Å². The van der Waals surface area contributed by atoms with E-state index in [4.69, 9.17) is 0 Å². The van der Waals surface area contributed by atoms with Crippen molar-refractivity contribution >= 4 is 49.6 Å². The maximum absolute atomic E-state index is 2.45. The lowest BCUT2D eigenvalue weighted by atomic mass is 9.88. The van der Waals surface area contributed by atoms with E-state index in [-0.39, 0.29) is 0 Å². The fraction of sp³-hybridized carbons (Fsp3) is 0. The Balaban J connectivity index is 1.05. The van der Waals surface area contributed by atoms with E-state index < -0.39 is 0 Å². The Kier molecular flexibility index (Phi) is 9.89. The van der Waals surface area contributed by atoms with Gasteiger partial charge in [0.2, 0.25) is 0 Å². The summed E-state index contributed by atoms with van der Waals surface area (Å²) in [7, 11) is 0. The van der Waals surface area contributed by atoms with Crippen molar-refractivity contribution in [3.63, 3.8) is 0 Å².